The Hall–Kier alpha value is -2.38. The molecule has 0 unspecified atom stereocenters. The van der Waals surface area contributed by atoms with Gasteiger partial charge in [-0.25, -0.2) is 22.4 Å². The molecule has 4 nitrogen and oxygen atoms in total. The zero-order chi connectivity index (χ0) is 17.3. The molecule has 0 heterocycles. The van der Waals surface area contributed by atoms with Crippen LogP contribution in [0.3, 0.4) is 0 Å². The predicted molar refractivity (Wildman–Crippen MR) is 71.2 cm³/mol. The summed E-state index contributed by atoms with van der Waals surface area (Å²) in [4.78, 5) is 24.2. The minimum Gasteiger partial charge on any atom is -0.462 e. The number of ketones is 1. The molecule has 1 aliphatic carbocycles. The summed E-state index contributed by atoms with van der Waals surface area (Å²) in [5.74, 6) is -10.4. The van der Waals surface area contributed by atoms with Gasteiger partial charge in [0.05, 0.1) is 12.2 Å². The van der Waals surface area contributed by atoms with Crippen molar-refractivity contribution in [2.24, 2.45) is 11.7 Å². The van der Waals surface area contributed by atoms with E-state index in [1.807, 2.05) is 0 Å². The van der Waals surface area contributed by atoms with Crippen molar-refractivity contribution in [3.05, 3.63) is 46.2 Å². The summed E-state index contributed by atoms with van der Waals surface area (Å²) in [6, 6.07) is 0.0295. The average molecular weight is 331 g/mol. The molecule has 2 N–H and O–H groups in total. The van der Waals surface area contributed by atoms with Gasteiger partial charge in [-0.3, -0.25) is 4.79 Å². The van der Waals surface area contributed by atoms with Crippen LogP contribution in [0.4, 0.5) is 17.6 Å². The third kappa shape index (κ3) is 3.20. The van der Waals surface area contributed by atoms with Gasteiger partial charge in [0, 0.05) is 11.8 Å². The fraction of sp³-hybridized carbons (Fsp3) is 0.333. The molecule has 0 amide bonds. The Labute approximate surface area is 128 Å². The number of benzene rings is 1. The molecule has 1 aromatic carbocycles. The number of hydrogen-bond donors (Lipinski definition) is 1. The highest BCUT2D eigenvalue weighted by Crippen LogP contribution is 2.36. The number of Topliss-reactive ketones (excluding diaryl/α,β-unsaturated/α-hetero) is 1. The number of allylic oxidation sites excluding steroid dienone is 1. The third-order valence-corrected chi connectivity index (χ3v) is 3.35. The zero-order valence-corrected chi connectivity index (χ0v) is 12.1. The molecule has 1 aliphatic rings. The van der Waals surface area contributed by atoms with Crippen LogP contribution in [0.5, 0.6) is 0 Å². The molecule has 124 valence electrons. The van der Waals surface area contributed by atoms with Crippen molar-refractivity contribution in [2.45, 2.75) is 19.8 Å². The molecule has 23 heavy (non-hydrogen) atoms. The number of esters is 1. The lowest BCUT2D eigenvalue weighted by Gasteiger charge is -2.11. The van der Waals surface area contributed by atoms with E-state index in [1.54, 1.807) is 0 Å². The van der Waals surface area contributed by atoms with Gasteiger partial charge in [-0.05, 0) is 25.7 Å². The SMILES string of the molecule is CCOC(=O)C(C(=O)c1c(F)cc(F)c(F)c1F)=C(N)C1CC1. The Morgan fingerprint density at radius 3 is 2.30 bits per heavy atom. The number of carbonyl (C=O) groups is 2. The summed E-state index contributed by atoms with van der Waals surface area (Å²) in [7, 11) is 0. The van der Waals surface area contributed by atoms with Gasteiger partial charge in [-0.1, -0.05) is 0 Å². The molecule has 1 aromatic rings. The molecule has 0 bridgehead atoms. The van der Waals surface area contributed by atoms with Crippen molar-refractivity contribution in [1.82, 2.24) is 0 Å². The summed E-state index contributed by atoms with van der Waals surface area (Å²) in [6.07, 6.45) is 1.20. The second kappa shape index (κ2) is 6.39. The minimum absolute atomic E-state index is 0.0295. The highest BCUT2D eigenvalue weighted by atomic mass is 19.2. The van der Waals surface area contributed by atoms with E-state index in [0.29, 0.717) is 12.8 Å². The first-order valence-corrected chi connectivity index (χ1v) is 6.84. The quantitative estimate of drug-likeness (QED) is 0.132. The molecule has 0 aliphatic heterocycles. The average Bonchev–Trinajstić information content (AvgIpc) is 3.30. The first-order chi connectivity index (χ1) is 10.8. The number of carbonyl (C=O) groups excluding carboxylic acids is 2. The molecular weight excluding hydrogens is 318 g/mol. The van der Waals surface area contributed by atoms with Crippen LogP contribution >= 0.6 is 0 Å². The lowest BCUT2D eigenvalue weighted by atomic mass is 9.98. The normalized spacial score (nSPS) is 15.2. The van der Waals surface area contributed by atoms with Gasteiger partial charge in [0.1, 0.15) is 11.4 Å². The summed E-state index contributed by atoms with van der Waals surface area (Å²) in [5.41, 5.74) is 3.41. The Balaban J connectivity index is 2.57. The smallest absolute Gasteiger partial charge is 0.343 e. The van der Waals surface area contributed by atoms with E-state index in [-0.39, 0.29) is 24.3 Å². The van der Waals surface area contributed by atoms with E-state index < -0.39 is 46.2 Å². The van der Waals surface area contributed by atoms with Gasteiger partial charge in [0.25, 0.3) is 0 Å². The van der Waals surface area contributed by atoms with E-state index in [2.05, 4.69) is 4.74 Å². The van der Waals surface area contributed by atoms with Crippen LogP contribution in [-0.4, -0.2) is 18.4 Å². The van der Waals surface area contributed by atoms with E-state index in [1.165, 1.54) is 6.92 Å². The van der Waals surface area contributed by atoms with Crippen LogP contribution in [0.2, 0.25) is 0 Å². The fourth-order valence-corrected chi connectivity index (χ4v) is 2.04. The van der Waals surface area contributed by atoms with Crippen molar-refractivity contribution in [3.8, 4) is 0 Å². The van der Waals surface area contributed by atoms with Crippen LogP contribution in [0.15, 0.2) is 17.3 Å². The lowest BCUT2D eigenvalue weighted by Crippen LogP contribution is -2.24. The maximum absolute atomic E-state index is 13.8. The van der Waals surface area contributed by atoms with Crippen LogP contribution < -0.4 is 5.73 Å². The van der Waals surface area contributed by atoms with Crippen molar-refractivity contribution in [1.29, 1.82) is 0 Å². The molecule has 2 rings (SSSR count). The number of halogens is 4. The van der Waals surface area contributed by atoms with Gasteiger partial charge in [0.2, 0.25) is 5.78 Å². The summed E-state index contributed by atoms with van der Waals surface area (Å²) >= 11 is 0. The molecule has 0 aromatic heterocycles. The number of ether oxygens (including phenoxy) is 1. The summed E-state index contributed by atoms with van der Waals surface area (Å²) < 4.78 is 58.4. The molecule has 1 fully saturated rings. The Kier molecular flexibility index (Phi) is 4.72. The van der Waals surface area contributed by atoms with Crippen LogP contribution in [0.25, 0.3) is 0 Å². The van der Waals surface area contributed by atoms with Crippen molar-refractivity contribution in [3.63, 3.8) is 0 Å². The maximum Gasteiger partial charge on any atom is 0.343 e. The minimum atomic E-state index is -2.02. The van der Waals surface area contributed by atoms with Gasteiger partial charge in [-0.15, -0.1) is 0 Å². The highest BCUT2D eigenvalue weighted by Gasteiger charge is 2.36. The first kappa shape index (κ1) is 17.0. The van der Waals surface area contributed by atoms with Gasteiger partial charge in [0.15, 0.2) is 17.5 Å². The molecule has 0 spiro atoms. The molecule has 8 heteroatoms. The van der Waals surface area contributed by atoms with Crippen molar-refractivity contribution in [2.75, 3.05) is 6.61 Å². The van der Waals surface area contributed by atoms with Crippen molar-refractivity contribution >= 4 is 11.8 Å². The Morgan fingerprint density at radius 1 is 1.17 bits per heavy atom. The molecule has 0 atom stereocenters. The maximum atomic E-state index is 13.8. The van der Waals surface area contributed by atoms with Crippen molar-refractivity contribution < 1.29 is 31.9 Å². The highest BCUT2D eigenvalue weighted by molar-refractivity contribution is 6.24. The monoisotopic (exact) mass is 331 g/mol. The molecule has 0 saturated heterocycles. The topological polar surface area (TPSA) is 69.4 Å². The van der Waals surface area contributed by atoms with E-state index >= 15 is 0 Å². The van der Waals surface area contributed by atoms with Gasteiger partial charge in [-0.2, -0.15) is 0 Å². The Morgan fingerprint density at radius 2 is 1.78 bits per heavy atom. The summed E-state index contributed by atoms with van der Waals surface area (Å²) in [5, 5.41) is 0. The molecule has 0 radical (unpaired) electrons. The number of nitrogens with two attached hydrogens (primary N) is 1. The summed E-state index contributed by atoms with van der Waals surface area (Å²) in [6.45, 7) is 1.36. The number of hydrogen-bond acceptors (Lipinski definition) is 4. The molecule has 1 saturated carbocycles. The Bertz CT molecular complexity index is 711. The van der Waals surface area contributed by atoms with E-state index in [9.17, 15) is 27.2 Å². The predicted octanol–water partition coefficient (Wildman–Crippen LogP) is 2.61. The third-order valence-electron chi connectivity index (χ3n) is 3.35. The van der Waals surface area contributed by atoms with Crippen LogP contribution in [-0.2, 0) is 9.53 Å². The standard InChI is InChI=1S/C15H13F4NO3/c1-2-23-15(22)10(13(20)6-3-4-6)14(21)9-7(16)5-8(17)11(18)12(9)19/h5-6H,2-4,20H2,1H3. The second-order valence-corrected chi connectivity index (χ2v) is 5.00. The second-order valence-electron chi connectivity index (χ2n) is 5.00. The van der Waals surface area contributed by atoms with E-state index in [4.69, 9.17) is 5.73 Å². The first-order valence-electron chi connectivity index (χ1n) is 6.84. The van der Waals surface area contributed by atoms with Gasteiger partial charge >= 0.3 is 5.97 Å². The zero-order valence-electron chi connectivity index (χ0n) is 12.1. The van der Waals surface area contributed by atoms with E-state index in [0.717, 1.165) is 0 Å². The molecular formula is C15H13F4NO3. The van der Waals surface area contributed by atoms with Crippen LogP contribution in [0, 0.1) is 29.2 Å². The lowest BCUT2D eigenvalue weighted by molar-refractivity contribution is -0.138. The fourth-order valence-electron chi connectivity index (χ4n) is 2.04. The number of rotatable bonds is 5. The largest absolute Gasteiger partial charge is 0.462 e. The van der Waals surface area contributed by atoms with Crippen LogP contribution in [0.1, 0.15) is 30.1 Å². The van der Waals surface area contributed by atoms with Gasteiger partial charge < -0.3 is 10.5 Å².